The molecule has 2 fully saturated rings. The molecule has 0 spiro atoms. The van der Waals surface area contributed by atoms with Gasteiger partial charge >= 0.3 is 0 Å². The zero-order valence-electron chi connectivity index (χ0n) is 17.8. The largest absolute Gasteiger partial charge is 0.390 e. The summed E-state index contributed by atoms with van der Waals surface area (Å²) in [6, 6.07) is 3.21. The molecule has 12 heteroatoms. The first kappa shape index (κ1) is 22.4. The molecular weight excluding hydrogens is 454 g/mol. The fourth-order valence-corrected chi connectivity index (χ4v) is 4.95. The van der Waals surface area contributed by atoms with Crippen molar-refractivity contribution in [2.24, 2.45) is 0 Å². The van der Waals surface area contributed by atoms with Crippen LogP contribution >= 0.6 is 11.8 Å². The van der Waals surface area contributed by atoms with Crippen LogP contribution in [0.3, 0.4) is 0 Å². The number of hydrogen-bond donors (Lipinski definition) is 4. The van der Waals surface area contributed by atoms with E-state index in [1.54, 1.807) is 6.07 Å². The number of hydrogen-bond acceptors (Lipinski definition) is 9. The average molecular weight is 479 g/mol. The van der Waals surface area contributed by atoms with Crippen LogP contribution in [0.2, 0.25) is 0 Å². The summed E-state index contributed by atoms with van der Waals surface area (Å²) in [6.45, 7) is 2.05. The number of aliphatic hydroxyl groups is 3. The van der Waals surface area contributed by atoms with Crippen molar-refractivity contribution in [1.29, 1.82) is 0 Å². The van der Waals surface area contributed by atoms with Crippen LogP contribution in [0, 0.1) is 11.6 Å². The molecular formula is C21H24F2N6O3S. The molecule has 2 heterocycles. The Hall–Kier alpha value is -2.41. The predicted octanol–water partition coefficient (Wildman–Crippen LogP) is 2.00. The smallest absolute Gasteiger partial charge is 0.191 e. The van der Waals surface area contributed by atoms with Gasteiger partial charge in [0.15, 0.2) is 33.8 Å². The van der Waals surface area contributed by atoms with Crippen LogP contribution in [0.4, 0.5) is 14.6 Å². The van der Waals surface area contributed by atoms with Crippen molar-refractivity contribution >= 4 is 28.7 Å². The molecule has 5 rings (SSSR count). The Morgan fingerprint density at radius 2 is 1.94 bits per heavy atom. The number of fused-ring (bicyclic) bond motifs is 1. The van der Waals surface area contributed by atoms with Crippen LogP contribution in [0.15, 0.2) is 23.4 Å². The number of anilines is 1. The maximum absolute atomic E-state index is 13.6. The van der Waals surface area contributed by atoms with Crippen molar-refractivity contribution in [2.45, 2.75) is 67.7 Å². The van der Waals surface area contributed by atoms with Crippen LogP contribution < -0.4 is 5.32 Å². The number of aromatic nitrogens is 5. The summed E-state index contributed by atoms with van der Waals surface area (Å²) in [6.07, 6.45) is -1.78. The van der Waals surface area contributed by atoms with Gasteiger partial charge in [0.05, 0.1) is 12.1 Å². The van der Waals surface area contributed by atoms with E-state index in [-0.39, 0.29) is 18.4 Å². The van der Waals surface area contributed by atoms with E-state index < -0.39 is 36.0 Å². The van der Waals surface area contributed by atoms with Crippen molar-refractivity contribution in [2.75, 3.05) is 11.1 Å². The fraction of sp³-hybridized carbons (Fsp3) is 0.524. The van der Waals surface area contributed by atoms with Crippen molar-refractivity contribution in [3.8, 4) is 0 Å². The van der Waals surface area contributed by atoms with Crippen LogP contribution in [0.25, 0.3) is 11.2 Å². The number of nitrogens with zero attached hydrogens (tertiary/aromatic N) is 5. The Balaban J connectivity index is 1.45. The van der Waals surface area contributed by atoms with Crippen molar-refractivity contribution in [3.05, 3.63) is 35.4 Å². The quantitative estimate of drug-likeness (QED) is 0.298. The normalized spacial score (nSPS) is 29.0. The lowest BCUT2D eigenvalue weighted by Crippen LogP contribution is -2.31. The van der Waals surface area contributed by atoms with Crippen LogP contribution in [-0.4, -0.2) is 70.4 Å². The molecule has 0 amide bonds. The van der Waals surface area contributed by atoms with Gasteiger partial charge in [0.2, 0.25) is 0 Å². The van der Waals surface area contributed by atoms with Crippen molar-refractivity contribution in [1.82, 2.24) is 25.0 Å². The molecule has 0 bridgehead atoms. The third-order valence-electron chi connectivity index (χ3n) is 6.16. The molecule has 2 saturated carbocycles. The highest BCUT2D eigenvalue weighted by atomic mass is 32.2. The third kappa shape index (κ3) is 4.16. The summed E-state index contributed by atoms with van der Waals surface area (Å²) in [7, 11) is 0. The highest BCUT2D eigenvalue weighted by Gasteiger charge is 2.44. The van der Waals surface area contributed by atoms with Gasteiger partial charge in [-0.15, -0.1) is 5.10 Å². The van der Waals surface area contributed by atoms with Crippen LogP contribution in [-0.2, 0) is 0 Å². The topological polar surface area (TPSA) is 129 Å². The molecule has 2 aliphatic carbocycles. The lowest BCUT2D eigenvalue weighted by molar-refractivity contribution is -0.0253. The Morgan fingerprint density at radius 3 is 2.64 bits per heavy atom. The summed E-state index contributed by atoms with van der Waals surface area (Å²) in [4.78, 5) is 9.17. The molecule has 9 nitrogen and oxygen atoms in total. The molecule has 4 N–H and O–H groups in total. The molecule has 0 radical (unpaired) electrons. The second kappa shape index (κ2) is 8.75. The Morgan fingerprint density at radius 1 is 1.12 bits per heavy atom. The van der Waals surface area contributed by atoms with E-state index in [0.717, 1.165) is 24.7 Å². The molecule has 33 heavy (non-hydrogen) atoms. The van der Waals surface area contributed by atoms with Gasteiger partial charge in [-0.2, -0.15) is 0 Å². The number of aliphatic hydroxyl groups excluding tert-OH is 3. The van der Waals surface area contributed by atoms with Gasteiger partial charge in [-0.1, -0.05) is 30.0 Å². The van der Waals surface area contributed by atoms with E-state index in [0.29, 0.717) is 27.7 Å². The summed E-state index contributed by atoms with van der Waals surface area (Å²) < 4.78 is 28.4. The standard InChI is InChI=1S/C21H24F2N6O3S/c1-2-5-33-21-25-19(24-13-7-10(13)9-3-4-11(22)12(23)6-9)16-20(26-21)29(28-27-16)14-8-15(30)18(32)17(14)31/h3-4,6,10,13-15,17-18,30-32H,2,5,7-8H2,1H3,(H,24,25,26)/t10?,13?,14-,15+,17+,18-/m1/s1. The zero-order chi connectivity index (χ0) is 23.3. The highest BCUT2D eigenvalue weighted by Crippen LogP contribution is 2.44. The first-order chi connectivity index (χ1) is 15.9. The summed E-state index contributed by atoms with van der Waals surface area (Å²) in [5.41, 5.74) is 1.49. The molecule has 2 unspecified atom stereocenters. The molecule has 176 valence electrons. The van der Waals surface area contributed by atoms with Gasteiger partial charge in [0, 0.05) is 24.1 Å². The number of rotatable bonds is 7. The Bertz CT molecular complexity index is 1180. The minimum Gasteiger partial charge on any atom is -0.390 e. The first-order valence-corrected chi connectivity index (χ1v) is 11.9. The number of benzene rings is 1. The minimum absolute atomic E-state index is 0.00820. The van der Waals surface area contributed by atoms with Gasteiger partial charge in [-0.3, -0.25) is 0 Å². The van der Waals surface area contributed by atoms with Gasteiger partial charge in [0.1, 0.15) is 12.2 Å². The second-order valence-corrected chi connectivity index (χ2v) is 9.59. The SMILES string of the molecule is CCCSc1nc(NC2CC2c2ccc(F)c(F)c2)c2nnn([C@@H]3C[C@H](O)[C@@H](O)[C@H]3O)c2n1. The van der Waals surface area contributed by atoms with E-state index in [1.807, 2.05) is 6.92 Å². The van der Waals surface area contributed by atoms with Crippen LogP contribution in [0.1, 0.15) is 43.7 Å². The van der Waals surface area contributed by atoms with Gasteiger partial charge in [-0.25, -0.2) is 23.4 Å². The summed E-state index contributed by atoms with van der Waals surface area (Å²) >= 11 is 1.47. The monoisotopic (exact) mass is 478 g/mol. The zero-order valence-corrected chi connectivity index (χ0v) is 18.6. The number of nitrogens with one attached hydrogen (secondary N) is 1. The number of thioether (sulfide) groups is 1. The van der Waals surface area contributed by atoms with Crippen molar-refractivity contribution < 1.29 is 24.1 Å². The molecule has 3 aromatic rings. The fourth-order valence-electron chi connectivity index (χ4n) is 4.26. The predicted molar refractivity (Wildman–Crippen MR) is 117 cm³/mol. The van der Waals surface area contributed by atoms with Crippen LogP contribution in [0.5, 0.6) is 0 Å². The van der Waals surface area contributed by atoms with Gasteiger partial charge in [-0.05, 0) is 30.5 Å². The maximum atomic E-state index is 13.6. The van der Waals surface area contributed by atoms with E-state index in [4.69, 9.17) is 0 Å². The van der Waals surface area contributed by atoms with E-state index in [2.05, 4.69) is 25.6 Å². The molecule has 0 saturated heterocycles. The molecule has 1 aromatic carbocycles. The Kier molecular flexibility index (Phi) is 5.93. The lowest BCUT2D eigenvalue weighted by Gasteiger charge is -2.16. The Labute approximate surface area is 192 Å². The van der Waals surface area contributed by atoms with Crippen molar-refractivity contribution in [3.63, 3.8) is 0 Å². The maximum Gasteiger partial charge on any atom is 0.191 e. The van der Waals surface area contributed by atoms with Gasteiger partial charge < -0.3 is 20.6 Å². The molecule has 6 atom stereocenters. The minimum atomic E-state index is -1.27. The van der Waals surface area contributed by atoms with E-state index in [1.165, 1.54) is 22.5 Å². The summed E-state index contributed by atoms with van der Waals surface area (Å²) in [5, 5.41) is 42.5. The highest BCUT2D eigenvalue weighted by molar-refractivity contribution is 7.99. The second-order valence-electron chi connectivity index (χ2n) is 8.53. The van der Waals surface area contributed by atoms with Gasteiger partial charge in [0.25, 0.3) is 0 Å². The summed E-state index contributed by atoms with van der Waals surface area (Å²) in [5.74, 6) is -0.470. The number of halogens is 2. The van der Waals surface area contributed by atoms with E-state index in [9.17, 15) is 24.1 Å². The average Bonchev–Trinajstić information content (AvgIpc) is 3.36. The molecule has 2 aliphatic rings. The lowest BCUT2D eigenvalue weighted by atomic mass is 10.1. The first-order valence-electron chi connectivity index (χ1n) is 10.9. The third-order valence-corrected chi connectivity index (χ3v) is 7.21. The molecule has 0 aliphatic heterocycles. The molecule has 2 aromatic heterocycles. The van der Waals surface area contributed by atoms with E-state index >= 15 is 0 Å².